The van der Waals surface area contributed by atoms with Crippen LogP contribution in [0.2, 0.25) is 0 Å². The summed E-state index contributed by atoms with van der Waals surface area (Å²) in [4.78, 5) is 13.1. The van der Waals surface area contributed by atoms with Crippen molar-refractivity contribution in [1.29, 1.82) is 0 Å². The van der Waals surface area contributed by atoms with Gasteiger partial charge in [0.05, 0.1) is 17.0 Å². The predicted molar refractivity (Wildman–Crippen MR) is 116 cm³/mol. The van der Waals surface area contributed by atoms with Gasteiger partial charge in [-0.15, -0.1) is 0 Å². The molecule has 0 atom stereocenters. The van der Waals surface area contributed by atoms with Crippen molar-refractivity contribution in [2.24, 2.45) is 5.10 Å². The van der Waals surface area contributed by atoms with Gasteiger partial charge in [0.2, 0.25) is 0 Å². The Morgan fingerprint density at radius 2 is 1.83 bits per heavy atom. The molecule has 0 radical (unpaired) electrons. The van der Waals surface area contributed by atoms with Crippen molar-refractivity contribution >= 4 is 23.4 Å². The maximum Gasteiger partial charge on any atom is 0.280 e. The van der Waals surface area contributed by atoms with Crippen LogP contribution < -0.4 is 9.75 Å². The topological polar surface area (TPSA) is 62.1 Å². The molecule has 0 fully saturated rings. The molecule has 4 rings (SSSR count). The minimum Gasteiger partial charge on any atom is -0.507 e. The lowest BCUT2D eigenvalue weighted by Crippen LogP contribution is -2.33. The fourth-order valence-electron chi connectivity index (χ4n) is 3.91. The molecule has 29 heavy (non-hydrogen) atoms. The lowest BCUT2D eigenvalue weighted by molar-refractivity contribution is -0.114. The van der Waals surface area contributed by atoms with Gasteiger partial charge in [0.1, 0.15) is 17.1 Å². The number of carbonyl (C=O) groups is 1. The van der Waals surface area contributed by atoms with Crippen LogP contribution >= 0.6 is 0 Å². The SMILES string of the molecule is CC1=NN(c2ccccc2)C(=O)/C1=C/c1c(O)c(C)c(C)c2c1CCC(C)(C)O2. The van der Waals surface area contributed by atoms with Crippen molar-refractivity contribution in [2.45, 2.75) is 53.1 Å². The lowest BCUT2D eigenvalue weighted by Gasteiger charge is -2.35. The van der Waals surface area contributed by atoms with E-state index < -0.39 is 0 Å². The summed E-state index contributed by atoms with van der Waals surface area (Å²) in [5, 5.41) is 16.8. The molecule has 0 bridgehead atoms. The lowest BCUT2D eigenvalue weighted by atomic mass is 9.86. The summed E-state index contributed by atoms with van der Waals surface area (Å²) in [5.41, 5.74) is 4.91. The highest BCUT2D eigenvalue weighted by molar-refractivity contribution is 6.32. The zero-order valence-electron chi connectivity index (χ0n) is 17.5. The second kappa shape index (κ2) is 6.76. The van der Waals surface area contributed by atoms with Gasteiger partial charge < -0.3 is 9.84 Å². The van der Waals surface area contributed by atoms with E-state index in [2.05, 4.69) is 18.9 Å². The third-order valence-electron chi connectivity index (χ3n) is 5.82. The van der Waals surface area contributed by atoms with Gasteiger partial charge >= 0.3 is 0 Å². The number of carbonyl (C=O) groups excluding carboxylic acids is 1. The van der Waals surface area contributed by atoms with Crippen molar-refractivity contribution < 1.29 is 14.6 Å². The molecule has 2 aliphatic heterocycles. The number of hydrazone groups is 1. The first-order valence-corrected chi connectivity index (χ1v) is 9.90. The van der Waals surface area contributed by atoms with Crippen molar-refractivity contribution in [1.82, 2.24) is 0 Å². The summed E-state index contributed by atoms with van der Waals surface area (Å²) in [7, 11) is 0. The number of rotatable bonds is 2. The van der Waals surface area contributed by atoms with E-state index in [-0.39, 0.29) is 17.3 Å². The number of phenols is 1. The smallest absolute Gasteiger partial charge is 0.280 e. The van der Waals surface area contributed by atoms with Crippen molar-refractivity contribution in [2.75, 3.05) is 5.01 Å². The number of nitrogens with zero attached hydrogens (tertiary/aromatic N) is 2. The summed E-state index contributed by atoms with van der Waals surface area (Å²) in [6.07, 6.45) is 3.39. The van der Waals surface area contributed by atoms with E-state index in [1.807, 2.05) is 51.1 Å². The first-order chi connectivity index (χ1) is 13.7. The largest absolute Gasteiger partial charge is 0.507 e. The molecule has 2 aliphatic rings. The van der Waals surface area contributed by atoms with Gasteiger partial charge in [-0.2, -0.15) is 10.1 Å². The fraction of sp³-hybridized carbons (Fsp3) is 0.333. The Morgan fingerprint density at radius 3 is 2.52 bits per heavy atom. The number of ether oxygens (including phenoxy) is 1. The molecule has 150 valence electrons. The van der Waals surface area contributed by atoms with E-state index in [0.717, 1.165) is 41.0 Å². The molecule has 5 heteroatoms. The first-order valence-electron chi connectivity index (χ1n) is 9.90. The van der Waals surface area contributed by atoms with Crippen molar-refractivity contribution in [3.8, 4) is 11.5 Å². The molecule has 5 nitrogen and oxygen atoms in total. The number of aromatic hydroxyl groups is 1. The van der Waals surface area contributed by atoms with Crippen LogP contribution in [-0.2, 0) is 11.2 Å². The fourth-order valence-corrected chi connectivity index (χ4v) is 3.91. The van der Waals surface area contributed by atoms with Crippen LogP contribution in [0.25, 0.3) is 6.08 Å². The van der Waals surface area contributed by atoms with E-state index in [0.29, 0.717) is 16.8 Å². The van der Waals surface area contributed by atoms with Gasteiger partial charge in [0.25, 0.3) is 5.91 Å². The van der Waals surface area contributed by atoms with Crippen LogP contribution in [0.4, 0.5) is 5.69 Å². The van der Waals surface area contributed by atoms with E-state index in [1.54, 1.807) is 6.08 Å². The van der Waals surface area contributed by atoms with Crippen LogP contribution in [0.1, 0.15) is 49.4 Å². The molecule has 0 aromatic heterocycles. The molecule has 0 spiro atoms. The molecule has 2 aromatic rings. The van der Waals surface area contributed by atoms with Crippen LogP contribution in [0.15, 0.2) is 41.0 Å². The van der Waals surface area contributed by atoms with Crippen LogP contribution in [0.5, 0.6) is 11.5 Å². The number of phenolic OH excluding ortho intramolecular Hbond substituents is 1. The Bertz CT molecular complexity index is 1070. The quantitative estimate of drug-likeness (QED) is 0.741. The third-order valence-corrected chi connectivity index (χ3v) is 5.82. The van der Waals surface area contributed by atoms with Gasteiger partial charge in [0, 0.05) is 11.1 Å². The van der Waals surface area contributed by atoms with Gasteiger partial charge in [-0.25, -0.2) is 0 Å². The molecule has 0 saturated heterocycles. The van der Waals surface area contributed by atoms with Gasteiger partial charge in [-0.05, 0) is 76.8 Å². The average Bonchev–Trinajstić information content (AvgIpc) is 2.98. The predicted octanol–water partition coefficient (Wildman–Crippen LogP) is 4.92. The Hall–Kier alpha value is -3.08. The molecule has 2 aromatic carbocycles. The second-order valence-corrected chi connectivity index (χ2v) is 8.38. The number of anilines is 1. The van der Waals surface area contributed by atoms with Crippen LogP contribution in [0, 0.1) is 13.8 Å². The molecule has 1 N–H and O–H groups in total. The Kier molecular flexibility index (Phi) is 4.49. The highest BCUT2D eigenvalue weighted by Gasteiger charge is 2.33. The van der Waals surface area contributed by atoms with Crippen LogP contribution in [-0.4, -0.2) is 22.3 Å². The summed E-state index contributed by atoms with van der Waals surface area (Å²) in [6.45, 7) is 9.81. The molecule has 0 unspecified atom stereocenters. The zero-order valence-corrected chi connectivity index (χ0v) is 17.5. The first kappa shape index (κ1) is 19.2. The Balaban J connectivity index is 1.83. The summed E-state index contributed by atoms with van der Waals surface area (Å²) in [5.74, 6) is 0.830. The molecule has 0 aliphatic carbocycles. The van der Waals surface area contributed by atoms with Gasteiger partial charge in [-0.1, -0.05) is 18.2 Å². The normalized spacial score (nSPS) is 19.2. The average molecular weight is 390 g/mol. The zero-order chi connectivity index (χ0) is 20.9. The number of hydrogen-bond donors (Lipinski definition) is 1. The van der Waals surface area contributed by atoms with Gasteiger partial charge in [-0.3, -0.25) is 4.79 Å². The number of benzene rings is 2. The third kappa shape index (κ3) is 3.20. The minimum absolute atomic E-state index is 0.197. The highest BCUT2D eigenvalue weighted by Crippen LogP contribution is 2.44. The minimum atomic E-state index is -0.254. The number of hydrogen-bond acceptors (Lipinski definition) is 4. The molecule has 2 heterocycles. The van der Waals surface area contributed by atoms with E-state index in [9.17, 15) is 9.90 Å². The number of fused-ring (bicyclic) bond motifs is 1. The summed E-state index contributed by atoms with van der Waals surface area (Å²) >= 11 is 0. The van der Waals surface area contributed by atoms with Crippen LogP contribution in [0.3, 0.4) is 0 Å². The maximum absolute atomic E-state index is 13.1. The van der Waals surface area contributed by atoms with Crippen molar-refractivity contribution in [3.63, 3.8) is 0 Å². The second-order valence-electron chi connectivity index (χ2n) is 8.38. The number of para-hydroxylation sites is 1. The Morgan fingerprint density at radius 1 is 1.14 bits per heavy atom. The van der Waals surface area contributed by atoms with E-state index in [4.69, 9.17) is 4.74 Å². The van der Waals surface area contributed by atoms with Gasteiger partial charge in [0.15, 0.2) is 0 Å². The summed E-state index contributed by atoms with van der Waals surface area (Å²) < 4.78 is 6.27. The summed E-state index contributed by atoms with van der Waals surface area (Å²) in [6, 6.07) is 9.35. The van der Waals surface area contributed by atoms with E-state index >= 15 is 0 Å². The number of amides is 1. The molecule has 1 amide bonds. The maximum atomic E-state index is 13.1. The molecular weight excluding hydrogens is 364 g/mol. The molecule has 0 saturated carbocycles. The Labute approximate surface area is 171 Å². The monoisotopic (exact) mass is 390 g/mol. The standard InChI is InChI=1S/C24H26N2O3/c1-14-15(2)22-18(11-12-24(4,5)29-22)20(21(14)27)13-19-16(3)25-26(23(19)28)17-9-7-6-8-10-17/h6-10,13,27H,11-12H2,1-5H3/b19-13+. The highest BCUT2D eigenvalue weighted by atomic mass is 16.5. The van der Waals surface area contributed by atoms with Crippen molar-refractivity contribution in [3.05, 3.63) is 58.2 Å². The van der Waals surface area contributed by atoms with E-state index in [1.165, 1.54) is 5.01 Å². The molecular formula is C24H26N2O3.